The molecule has 0 radical (unpaired) electrons. The predicted molar refractivity (Wildman–Crippen MR) is 72.6 cm³/mol. The number of allylic oxidation sites excluding steroid dienone is 2. The van der Waals surface area contributed by atoms with Gasteiger partial charge in [0, 0.05) is 11.2 Å². The number of unbranched alkanes of at least 4 members (excludes halogenated alkanes) is 2. The summed E-state index contributed by atoms with van der Waals surface area (Å²) >= 11 is 8.70. The second-order valence-electron chi connectivity index (χ2n) is 4.32. The molecule has 86 valence electrons. The zero-order valence-electron chi connectivity index (χ0n) is 9.95. The van der Waals surface area contributed by atoms with Gasteiger partial charge in [-0.2, -0.15) is 0 Å². The first-order chi connectivity index (χ1) is 6.47. The summed E-state index contributed by atoms with van der Waals surface area (Å²) in [5.74, 6) is 0.827. The van der Waals surface area contributed by atoms with E-state index in [1.54, 1.807) is 0 Å². The van der Waals surface area contributed by atoms with E-state index in [2.05, 4.69) is 55.8 Å². The van der Waals surface area contributed by atoms with Crippen LogP contribution in [0.4, 0.5) is 0 Å². The molecule has 14 heavy (non-hydrogen) atoms. The Labute approximate surface area is 103 Å². The first-order valence-corrected chi connectivity index (χ1v) is 6.93. The molecule has 0 aromatic carbocycles. The van der Waals surface area contributed by atoms with Gasteiger partial charge in [-0.05, 0) is 11.8 Å². The fourth-order valence-corrected chi connectivity index (χ4v) is 1.12. The molecule has 2 heteroatoms. The van der Waals surface area contributed by atoms with Crippen molar-refractivity contribution in [3.8, 4) is 0 Å². The molecule has 0 atom stereocenters. The molecule has 0 N–H and O–H groups in total. The monoisotopic (exact) mass is 282 g/mol. The van der Waals surface area contributed by atoms with Crippen molar-refractivity contribution in [1.29, 1.82) is 0 Å². The third-order valence-corrected chi connectivity index (χ3v) is 2.09. The van der Waals surface area contributed by atoms with Gasteiger partial charge in [0.25, 0.3) is 0 Å². The number of halogens is 2. The van der Waals surface area contributed by atoms with Gasteiger partial charge >= 0.3 is 0 Å². The first-order valence-electron chi connectivity index (χ1n) is 5.27. The van der Waals surface area contributed by atoms with Crippen molar-refractivity contribution in [3.05, 3.63) is 12.2 Å². The molecule has 0 unspecified atom stereocenters. The van der Waals surface area contributed by atoms with E-state index in [0.29, 0.717) is 5.41 Å². The molecule has 0 aliphatic rings. The summed E-state index contributed by atoms with van der Waals surface area (Å²) < 4.78 is 0. The van der Waals surface area contributed by atoms with E-state index in [9.17, 15) is 0 Å². The Morgan fingerprint density at radius 3 is 1.93 bits per heavy atom. The SMILES string of the molecule is CC(C)(C)C=CCBr.CCCCCCl. The summed E-state index contributed by atoms with van der Waals surface area (Å²) in [6.07, 6.45) is 8.05. The fourth-order valence-electron chi connectivity index (χ4n) is 0.743. The Bertz CT molecular complexity index is 121. The molecule has 0 bridgehead atoms. The molecule has 0 nitrogen and oxygen atoms in total. The molecule has 0 heterocycles. The van der Waals surface area contributed by atoms with Gasteiger partial charge in [0.05, 0.1) is 0 Å². The van der Waals surface area contributed by atoms with Crippen LogP contribution >= 0.6 is 27.5 Å². The van der Waals surface area contributed by atoms with E-state index in [4.69, 9.17) is 11.6 Å². The van der Waals surface area contributed by atoms with Crippen LogP contribution in [0, 0.1) is 5.41 Å². The van der Waals surface area contributed by atoms with Crippen molar-refractivity contribution in [3.63, 3.8) is 0 Å². The van der Waals surface area contributed by atoms with Crippen LogP contribution in [0.5, 0.6) is 0 Å². The summed E-state index contributed by atoms with van der Waals surface area (Å²) in [6.45, 7) is 8.73. The molecule has 0 fully saturated rings. The van der Waals surface area contributed by atoms with E-state index in [1.807, 2.05) is 0 Å². The summed E-state index contributed by atoms with van der Waals surface area (Å²) in [5.41, 5.74) is 0.341. The fraction of sp³-hybridized carbons (Fsp3) is 0.833. The van der Waals surface area contributed by atoms with Crippen molar-refractivity contribution >= 4 is 27.5 Å². The minimum atomic E-state index is 0.341. The maximum Gasteiger partial charge on any atom is 0.0223 e. The predicted octanol–water partition coefficient (Wildman–Crippen LogP) is 5.40. The van der Waals surface area contributed by atoms with Gasteiger partial charge in [0.15, 0.2) is 0 Å². The summed E-state index contributed by atoms with van der Waals surface area (Å²) in [5, 5.41) is 0.963. The van der Waals surface area contributed by atoms with Crippen LogP contribution in [0.15, 0.2) is 12.2 Å². The van der Waals surface area contributed by atoms with Gasteiger partial charge in [-0.3, -0.25) is 0 Å². The lowest BCUT2D eigenvalue weighted by Gasteiger charge is -2.09. The van der Waals surface area contributed by atoms with Gasteiger partial charge < -0.3 is 0 Å². The van der Waals surface area contributed by atoms with E-state index < -0.39 is 0 Å². The van der Waals surface area contributed by atoms with Crippen molar-refractivity contribution in [1.82, 2.24) is 0 Å². The average molecular weight is 284 g/mol. The van der Waals surface area contributed by atoms with E-state index >= 15 is 0 Å². The Balaban J connectivity index is 0. The van der Waals surface area contributed by atoms with Crippen molar-refractivity contribution in [2.24, 2.45) is 5.41 Å². The number of rotatable bonds is 4. The minimum Gasteiger partial charge on any atom is -0.127 e. The zero-order valence-corrected chi connectivity index (χ0v) is 12.3. The molecule has 0 aromatic rings. The highest BCUT2D eigenvalue weighted by molar-refractivity contribution is 9.09. The molecule has 0 rings (SSSR count). The van der Waals surface area contributed by atoms with Crippen LogP contribution in [-0.4, -0.2) is 11.2 Å². The maximum absolute atomic E-state index is 5.38. The molecular formula is C12H24BrCl. The van der Waals surface area contributed by atoms with Gasteiger partial charge in [-0.15, -0.1) is 11.6 Å². The molecule has 0 amide bonds. The lowest BCUT2D eigenvalue weighted by molar-refractivity contribution is 0.543. The highest BCUT2D eigenvalue weighted by Crippen LogP contribution is 2.14. The average Bonchev–Trinajstić information content (AvgIpc) is 2.11. The molecule has 0 saturated heterocycles. The third kappa shape index (κ3) is 22.9. The highest BCUT2D eigenvalue weighted by Gasteiger charge is 2.01. The van der Waals surface area contributed by atoms with E-state index in [0.717, 1.165) is 11.2 Å². The molecule has 0 spiro atoms. The molecule has 0 aliphatic heterocycles. The van der Waals surface area contributed by atoms with E-state index in [-0.39, 0.29) is 0 Å². The number of alkyl halides is 2. The van der Waals surface area contributed by atoms with Crippen LogP contribution in [0.2, 0.25) is 0 Å². The maximum atomic E-state index is 5.38. The van der Waals surface area contributed by atoms with Gasteiger partial charge in [0.2, 0.25) is 0 Å². The normalized spacial score (nSPS) is 11.3. The molecular weight excluding hydrogens is 259 g/mol. The Morgan fingerprint density at radius 2 is 1.79 bits per heavy atom. The van der Waals surface area contributed by atoms with Crippen LogP contribution in [0.3, 0.4) is 0 Å². The summed E-state index contributed by atoms with van der Waals surface area (Å²) in [4.78, 5) is 0. The largest absolute Gasteiger partial charge is 0.127 e. The number of hydrogen-bond donors (Lipinski definition) is 0. The molecule has 0 aromatic heterocycles. The third-order valence-electron chi connectivity index (χ3n) is 1.44. The molecule has 0 saturated carbocycles. The minimum absolute atomic E-state index is 0.341. The smallest absolute Gasteiger partial charge is 0.0223 e. The highest BCUT2D eigenvalue weighted by atomic mass is 79.9. The standard InChI is InChI=1S/C7H13Br.C5H11Cl/c1-7(2,3)5-4-6-8;1-2-3-4-5-6/h4-5H,6H2,1-3H3;2-5H2,1H3. The van der Waals surface area contributed by atoms with Crippen LogP contribution in [0.25, 0.3) is 0 Å². The van der Waals surface area contributed by atoms with E-state index in [1.165, 1.54) is 19.3 Å². The van der Waals surface area contributed by atoms with Crippen molar-refractivity contribution in [2.75, 3.05) is 11.2 Å². The second-order valence-corrected chi connectivity index (χ2v) is 5.34. The van der Waals surface area contributed by atoms with Gasteiger partial charge in [-0.1, -0.05) is 68.6 Å². The first kappa shape index (κ1) is 16.9. The van der Waals surface area contributed by atoms with Crippen LogP contribution < -0.4 is 0 Å². The topological polar surface area (TPSA) is 0 Å². The molecule has 0 aliphatic carbocycles. The quantitative estimate of drug-likeness (QED) is 0.368. The second kappa shape index (κ2) is 11.6. The van der Waals surface area contributed by atoms with Crippen molar-refractivity contribution in [2.45, 2.75) is 47.0 Å². The van der Waals surface area contributed by atoms with Gasteiger partial charge in [-0.25, -0.2) is 0 Å². The van der Waals surface area contributed by atoms with Crippen LogP contribution in [-0.2, 0) is 0 Å². The van der Waals surface area contributed by atoms with Crippen LogP contribution in [0.1, 0.15) is 47.0 Å². The Hall–Kier alpha value is 0.510. The summed E-state index contributed by atoms with van der Waals surface area (Å²) in [6, 6.07) is 0. The zero-order chi connectivity index (χ0) is 11.4. The lowest BCUT2D eigenvalue weighted by Crippen LogP contribution is -1.97. The van der Waals surface area contributed by atoms with Gasteiger partial charge in [0.1, 0.15) is 0 Å². The number of hydrogen-bond acceptors (Lipinski definition) is 0. The summed E-state index contributed by atoms with van der Waals surface area (Å²) in [7, 11) is 0. The Kier molecular flexibility index (Phi) is 14.0. The lowest BCUT2D eigenvalue weighted by atomic mass is 9.97. The Morgan fingerprint density at radius 1 is 1.21 bits per heavy atom. The van der Waals surface area contributed by atoms with Crippen molar-refractivity contribution < 1.29 is 0 Å².